The van der Waals surface area contributed by atoms with Crippen LogP contribution in [-0.2, 0) is 19.6 Å². The van der Waals surface area contributed by atoms with Crippen LogP contribution in [-0.4, -0.2) is 69.7 Å². The Bertz CT molecular complexity index is 612. The van der Waals surface area contributed by atoms with Gasteiger partial charge in [-0.15, -0.1) is 0 Å². The number of carbonyl (C=O) groups excluding carboxylic acids is 1. The maximum Gasteiger partial charge on any atom is 0.243 e. The summed E-state index contributed by atoms with van der Waals surface area (Å²) in [7, 11) is -3.52. The first kappa shape index (κ1) is 17.8. The van der Waals surface area contributed by atoms with E-state index in [0.717, 1.165) is 0 Å². The molecule has 0 bridgehead atoms. The summed E-state index contributed by atoms with van der Waals surface area (Å²) in [5.74, 6) is -0.262. The zero-order chi connectivity index (χ0) is 16.7. The fourth-order valence-corrected chi connectivity index (χ4v) is 3.54. The quantitative estimate of drug-likeness (QED) is 0.561. The first-order valence-corrected chi connectivity index (χ1v) is 8.77. The first-order valence-electron chi connectivity index (χ1n) is 7.33. The van der Waals surface area contributed by atoms with Crippen LogP contribution in [0.25, 0.3) is 0 Å². The lowest BCUT2D eigenvalue weighted by Gasteiger charge is -2.26. The molecule has 8 nitrogen and oxygen atoms in total. The number of rotatable bonds is 7. The van der Waals surface area contributed by atoms with Gasteiger partial charge >= 0.3 is 0 Å². The summed E-state index contributed by atoms with van der Waals surface area (Å²) in [5.41, 5.74) is 0.515. The Morgan fingerprint density at radius 1 is 1.22 bits per heavy atom. The Hall–Kier alpha value is -1.52. The van der Waals surface area contributed by atoms with Gasteiger partial charge in [-0.3, -0.25) is 4.79 Å². The minimum absolute atomic E-state index is 0.0403. The van der Waals surface area contributed by atoms with Gasteiger partial charge in [-0.25, -0.2) is 8.42 Å². The molecule has 1 aliphatic rings. The highest BCUT2D eigenvalue weighted by atomic mass is 32.2. The maximum atomic E-state index is 12.4. The van der Waals surface area contributed by atoms with Crippen molar-refractivity contribution in [3.8, 4) is 0 Å². The topological polar surface area (TPSA) is 108 Å². The minimum Gasteiger partial charge on any atom is -0.395 e. The van der Waals surface area contributed by atoms with Gasteiger partial charge in [-0.05, 0) is 24.3 Å². The van der Waals surface area contributed by atoms with Gasteiger partial charge in [0.25, 0.3) is 0 Å². The van der Waals surface area contributed by atoms with Crippen LogP contribution >= 0.6 is 0 Å². The number of amides is 1. The molecule has 0 radical (unpaired) electrons. The fourth-order valence-electron chi connectivity index (χ4n) is 2.13. The van der Waals surface area contributed by atoms with Crippen LogP contribution in [0.1, 0.15) is 0 Å². The van der Waals surface area contributed by atoms with E-state index in [1.165, 1.54) is 16.4 Å². The van der Waals surface area contributed by atoms with E-state index in [1.54, 1.807) is 12.1 Å². The Morgan fingerprint density at radius 3 is 2.48 bits per heavy atom. The second-order valence-electron chi connectivity index (χ2n) is 4.99. The molecular weight excluding hydrogens is 322 g/mol. The van der Waals surface area contributed by atoms with Crippen molar-refractivity contribution in [1.29, 1.82) is 0 Å². The molecule has 1 saturated heterocycles. The van der Waals surface area contributed by atoms with Crippen LogP contribution in [0.3, 0.4) is 0 Å². The van der Waals surface area contributed by atoms with E-state index in [-0.39, 0.29) is 24.0 Å². The normalized spacial score (nSPS) is 16.2. The standard InChI is InChI=1S/C14H21N3O5S/c18-8-5-15-11-14(19)16-12-1-3-13(4-2-12)23(20,21)17-6-9-22-10-7-17/h1-4,15,18H,5-11H2,(H,16,19). The van der Waals surface area contributed by atoms with E-state index < -0.39 is 10.0 Å². The van der Waals surface area contributed by atoms with E-state index in [1.807, 2.05) is 0 Å². The average molecular weight is 343 g/mol. The summed E-state index contributed by atoms with van der Waals surface area (Å²) in [6, 6.07) is 6.05. The van der Waals surface area contributed by atoms with E-state index in [0.29, 0.717) is 38.5 Å². The highest BCUT2D eigenvalue weighted by Crippen LogP contribution is 2.19. The zero-order valence-electron chi connectivity index (χ0n) is 12.7. The number of nitrogens with zero attached hydrogens (tertiary/aromatic N) is 1. The second kappa shape index (κ2) is 8.37. The molecule has 0 aromatic heterocycles. The first-order chi connectivity index (χ1) is 11.0. The number of hydrogen-bond donors (Lipinski definition) is 3. The molecule has 1 aromatic rings. The number of aliphatic hydroxyl groups is 1. The molecular formula is C14H21N3O5S. The number of morpholine rings is 1. The van der Waals surface area contributed by atoms with E-state index in [9.17, 15) is 13.2 Å². The highest BCUT2D eigenvalue weighted by Gasteiger charge is 2.26. The van der Waals surface area contributed by atoms with Crippen LogP contribution in [0.15, 0.2) is 29.2 Å². The molecule has 128 valence electrons. The number of aliphatic hydroxyl groups excluding tert-OH is 1. The molecule has 1 aromatic carbocycles. The summed E-state index contributed by atoms with van der Waals surface area (Å²) < 4.78 is 31.4. The van der Waals surface area contributed by atoms with Crippen molar-refractivity contribution in [3.63, 3.8) is 0 Å². The van der Waals surface area contributed by atoms with Gasteiger partial charge in [0.05, 0.1) is 31.3 Å². The Morgan fingerprint density at radius 2 is 1.87 bits per heavy atom. The van der Waals surface area contributed by atoms with Crippen molar-refractivity contribution in [1.82, 2.24) is 9.62 Å². The molecule has 0 spiro atoms. The van der Waals surface area contributed by atoms with Gasteiger partial charge in [-0.1, -0.05) is 0 Å². The Kier molecular flexibility index (Phi) is 6.48. The number of anilines is 1. The number of benzene rings is 1. The molecule has 23 heavy (non-hydrogen) atoms. The Labute approximate surface area is 135 Å². The molecule has 1 amide bonds. The molecule has 0 atom stereocenters. The average Bonchev–Trinajstić information content (AvgIpc) is 2.56. The lowest BCUT2D eigenvalue weighted by atomic mass is 10.3. The van der Waals surface area contributed by atoms with Crippen LogP contribution in [0.4, 0.5) is 5.69 Å². The third-order valence-electron chi connectivity index (χ3n) is 3.32. The van der Waals surface area contributed by atoms with Crippen molar-refractivity contribution in [2.75, 3.05) is 51.3 Å². The largest absolute Gasteiger partial charge is 0.395 e. The van der Waals surface area contributed by atoms with Gasteiger partial charge in [0.15, 0.2) is 0 Å². The predicted molar refractivity (Wildman–Crippen MR) is 84.6 cm³/mol. The van der Waals surface area contributed by atoms with Gasteiger partial charge in [-0.2, -0.15) is 4.31 Å². The molecule has 3 N–H and O–H groups in total. The third-order valence-corrected chi connectivity index (χ3v) is 5.23. The summed E-state index contributed by atoms with van der Waals surface area (Å²) >= 11 is 0. The molecule has 0 unspecified atom stereocenters. The smallest absolute Gasteiger partial charge is 0.243 e. The van der Waals surface area contributed by atoms with Crippen LogP contribution < -0.4 is 10.6 Å². The lowest BCUT2D eigenvalue weighted by molar-refractivity contribution is -0.115. The molecule has 0 saturated carbocycles. The van der Waals surface area contributed by atoms with Crippen molar-refractivity contribution < 1.29 is 23.1 Å². The molecule has 1 aliphatic heterocycles. The molecule has 1 heterocycles. The lowest BCUT2D eigenvalue weighted by Crippen LogP contribution is -2.40. The van der Waals surface area contributed by atoms with E-state index in [4.69, 9.17) is 9.84 Å². The highest BCUT2D eigenvalue weighted by molar-refractivity contribution is 7.89. The van der Waals surface area contributed by atoms with Crippen molar-refractivity contribution in [3.05, 3.63) is 24.3 Å². The zero-order valence-corrected chi connectivity index (χ0v) is 13.5. The van der Waals surface area contributed by atoms with Crippen LogP contribution in [0.5, 0.6) is 0 Å². The Balaban J connectivity index is 1.97. The number of ether oxygens (including phenoxy) is 1. The predicted octanol–water partition coefficient (Wildman–Crippen LogP) is -0.772. The van der Waals surface area contributed by atoms with Gasteiger partial charge in [0, 0.05) is 25.3 Å². The third kappa shape index (κ3) is 4.98. The monoisotopic (exact) mass is 343 g/mol. The number of carbonyl (C=O) groups is 1. The van der Waals surface area contributed by atoms with Gasteiger partial charge in [0.2, 0.25) is 15.9 Å². The number of nitrogens with one attached hydrogen (secondary N) is 2. The molecule has 0 aliphatic carbocycles. The summed E-state index contributed by atoms with van der Waals surface area (Å²) in [6.07, 6.45) is 0. The van der Waals surface area contributed by atoms with Crippen molar-refractivity contribution in [2.24, 2.45) is 0 Å². The summed E-state index contributed by atoms with van der Waals surface area (Å²) in [4.78, 5) is 11.8. The number of hydrogen-bond acceptors (Lipinski definition) is 6. The van der Waals surface area contributed by atoms with Gasteiger partial charge < -0.3 is 20.5 Å². The second-order valence-corrected chi connectivity index (χ2v) is 6.93. The number of sulfonamides is 1. The molecule has 1 fully saturated rings. The van der Waals surface area contributed by atoms with Gasteiger partial charge in [0.1, 0.15) is 0 Å². The van der Waals surface area contributed by atoms with E-state index >= 15 is 0 Å². The summed E-state index contributed by atoms with van der Waals surface area (Å²) in [6.45, 7) is 1.86. The fraction of sp³-hybridized carbons (Fsp3) is 0.500. The van der Waals surface area contributed by atoms with E-state index in [2.05, 4.69) is 10.6 Å². The van der Waals surface area contributed by atoms with Crippen LogP contribution in [0.2, 0.25) is 0 Å². The van der Waals surface area contributed by atoms with Crippen molar-refractivity contribution in [2.45, 2.75) is 4.90 Å². The summed E-state index contributed by atoms with van der Waals surface area (Å²) in [5, 5.41) is 14.0. The molecule has 9 heteroatoms. The minimum atomic E-state index is -3.52. The van der Waals surface area contributed by atoms with Crippen molar-refractivity contribution >= 4 is 21.6 Å². The van der Waals surface area contributed by atoms with Crippen LogP contribution in [0, 0.1) is 0 Å². The maximum absolute atomic E-state index is 12.4. The SMILES string of the molecule is O=C(CNCCO)Nc1ccc(S(=O)(=O)N2CCOCC2)cc1. The molecule has 2 rings (SSSR count).